The molecule has 8 nitrogen and oxygen atoms in total. The minimum atomic E-state index is -3.70. The zero-order valence-corrected chi connectivity index (χ0v) is 20.3. The quantitative estimate of drug-likeness (QED) is 0.395. The summed E-state index contributed by atoms with van der Waals surface area (Å²) >= 11 is 0. The van der Waals surface area contributed by atoms with Crippen molar-refractivity contribution in [2.75, 3.05) is 25.0 Å². The van der Waals surface area contributed by atoms with Crippen LogP contribution in [0.4, 0.5) is 5.69 Å². The standard InChI is InChI=1S/C25H29N3O5S/c1-18(2)16-19-4-11-23(12-5-19)34(30,31)28-21-7-9-22(10-8-21)33-24-13-6-20(17-27-24)25(29)26-14-15-32-3/h4-13,17-18,28H,14-16H2,1-3H3,(H,26,29). The van der Waals surface area contributed by atoms with Crippen LogP contribution in [0.3, 0.4) is 0 Å². The van der Waals surface area contributed by atoms with Crippen molar-refractivity contribution in [3.8, 4) is 11.6 Å². The van der Waals surface area contributed by atoms with Crippen LogP contribution in [-0.4, -0.2) is 39.6 Å². The Hall–Kier alpha value is -3.43. The van der Waals surface area contributed by atoms with Gasteiger partial charge in [0, 0.05) is 31.6 Å². The van der Waals surface area contributed by atoms with E-state index in [4.69, 9.17) is 9.47 Å². The molecule has 3 aromatic rings. The molecule has 0 aliphatic heterocycles. The molecule has 2 aromatic carbocycles. The number of nitrogens with one attached hydrogen (secondary N) is 2. The topological polar surface area (TPSA) is 107 Å². The number of pyridine rings is 1. The molecule has 0 saturated heterocycles. The van der Waals surface area contributed by atoms with Gasteiger partial charge in [0.15, 0.2) is 0 Å². The SMILES string of the molecule is COCCNC(=O)c1ccc(Oc2ccc(NS(=O)(=O)c3ccc(CC(C)C)cc3)cc2)nc1. The van der Waals surface area contributed by atoms with Crippen LogP contribution in [0.5, 0.6) is 11.6 Å². The van der Waals surface area contributed by atoms with Gasteiger partial charge >= 0.3 is 0 Å². The van der Waals surface area contributed by atoms with E-state index in [2.05, 4.69) is 28.9 Å². The number of amides is 1. The lowest BCUT2D eigenvalue weighted by Crippen LogP contribution is -2.26. The molecule has 1 aromatic heterocycles. The Morgan fingerprint density at radius 1 is 1.00 bits per heavy atom. The molecule has 2 N–H and O–H groups in total. The number of carbonyl (C=O) groups excluding carboxylic acids is 1. The van der Waals surface area contributed by atoms with E-state index in [1.807, 2.05) is 12.1 Å². The van der Waals surface area contributed by atoms with E-state index in [1.165, 1.54) is 6.20 Å². The Labute approximate surface area is 200 Å². The maximum absolute atomic E-state index is 12.7. The lowest BCUT2D eigenvalue weighted by atomic mass is 10.0. The Balaban J connectivity index is 1.59. The third kappa shape index (κ3) is 7.29. The molecule has 0 radical (unpaired) electrons. The lowest BCUT2D eigenvalue weighted by molar-refractivity contribution is 0.0936. The molecule has 180 valence electrons. The summed E-state index contributed by atoms with van der Waals surface area (Å²) in [6.07, 6.45) is 2.32. The van der Waals surface area contributed by atoms with Crippen molar-refractivity contribution in [3.63, 3.8) is 0 Å². The molecule has 3 rings (SSSR count). The van der Waals surface area contributed by atoms with Crippen LogP contribution < -0.4 is 14.8 Å². The fraction of sp³-hybridized carbons (Fsp3) is 0.280. The number of rotatable bonds is 11. The van der Waals surface area contributed by atoms with Crippen molar-refractivity contribution in [2.45, 2.75) is 25.2 Å². The van der Waals surface area contributed by atoms with Crippen LogP contribution >= 0.6 is 0 Å². The second-order valence-electron chi connectivity index (χ2n) is 8.11. The number of hydrogen-bond donors (Lipinski definition) is 2. The second kappa shape index (κ2) is 11.6. The normalized spacial score (nSPS) is 11.3. The molecule has 9 heteroatoms. The summed E-state index contributed by atoms with van der Waals surface area (Å²) < 4.78 is 38.5. The summed E-state index contributed by atoms with van der Waals surface area (Å²) in [5, 5.41) is 2.71. The minimum Gasteiger partial charge on any atom is -0.439 e. The second-order valence-corrected chi connectivity index (χ2v) is 9.79. The monoisotopic (exact) mass is 483 g/mol. The molecule has 0 bridgehead atoms. The molecular weight excluding hydrogens is 454 g/mol. The molecule has 1 amide bonds. The van der Waals surface area contributed by atoms with E-state index in [0.29, 0.717) is 41.9 Å². The summed E-state index contributed by atoms with van der Waals surface area (Å²) in [4.78, 5) is 16.3. The Bertz CT molecular complexity index is 1180. The van der Waals surface area contributed by atoms with Crippen molar-refractivity contribution < 1.29 is 22.7 Å². The van der Waals surface area contributed by atoms with E-state index in [9.17, 15) is 13.2 Å². The van der Waals surface area contributed by atoms with Crippen LogP contribution in [0, 0.1) is 5.92 Å². The zero-order chi connectivity index (χ0) is 24.6. The number of methoxy groups -OCH3 is 1. The van der Waals surface area contributed by atoms with Gasteiger partial charge in [0.05, 0.1) is 17.1 Å². The fourth-order valence-corrected chi connectivity index (χ4v) is 4.20. The van der Waals surface area contributed by atoms with Crippen molar-refractivity contribution in [3.05, 3.63) is 78.0 Å². The third-order valence-electron chi connectivity index (χ3n) is 4.80. The minimum absolute atomic E-state index is 0.205. The molecule has 34 heavy (non-hydrogen) atoms. The number of sulfonamides is 1. The van der Waals surface area contributed by atoms with Crippen LogP contribution in [0.15, 0.2) is 71.8 Å². The number of benzene rings is 2. The summed E-state index contributed by atoms with van der Waals surface area (Å²) in [6.45, 7) is 5.08. The molecule has 0 saturated carbocycles. The Kier molecular flexibility index (Phi) is 8.61. The molecule has 1 heterocycles. The van der Waals surface area contributed by atoms with Gasteiger partial charge in [-0.15, -0.1) is 0 Å². The summed E-state index contributed by atoms with van der Waals surface area (Å²) in [5.74, 6) is 1.04. The van der Waals surface area contributed by atoms with E-state index < -0.39 is 10.0 Å². The lowest BCUT2D eigenvalue weighted by Gasteiger charge is -2.11. The first kappa shape index (κ1) is 25.2. The predicted molar refractivity (Wildman–Crippen MR) is 131 cm³/mol. The van der Waals surface area contributed by atoms with Crippen molar-refractivity contribution >= 4 is 21.6 Å². The zero-order valence-electron chi connectivity index (χ0n) is 19.4. The highest BCUT2D eigenvalue weighted by molar-refractivity contribution is 7.92. The first-order valence-corrected chi connectivity index (χ1v) is 12.4. The Morgan fingerprint density at radius 3 is 2.29 bits per heavy atom. The highest BCUT2D eigenvalue weighted by atomic mass is 32.2. The van der Waals surface area contributed by atoms with Gasteiger partial charge in [-0.1, -0.05) is 26.0 Å². The Morgan fingerprint density at radius 2 is 1.71 bits per heavy atom. The van der Waals surface area contributed by atoms with E-state index in [-0.39, 0.29) is 10.8 Å². The highest BCUT2D eigenvalue weighted by Crippen LogP contribution is 2.23. The highest BCUT2D eigenvalue weighted by Gasteiger charge is 2.14. The van der Waals surface area contributed by atoms with E-state index in [0.717, 1.165) is 12.0 Å². The van der Waals surface area contributed by atoms with Gasteiger partial charge in [-0.3, -0.25) is 9.52 Å². The maximum Gasteiger partial charge on any atom is 0.261 e. The average Bonchev–Trinajstić information content (AvgIpc) is 2.81. The van der Waals surface area contributed by atoms with Crippen molar-refractivity contribution in [1.82, 2.24) is 10.3 Å². The molecule has 0 spiro atoms. The van der Waals surface area contributed by atoms with Gasteiger partial charge in [-0.05, 0) is 60.4 Å². The average molecular weight is 484 g/mol. The van der Waals surface area contributed by atoms with Gasteiger partial charge < -0.3 is 14.8 Å². The van der Waals surface area contributed by atoms with Gasteiger partial charge in [0.25, 0.3) is 15.9 Å². The number of hydrogen-bond acceptors (Lipinski definition) is 6. The largest absolute Gasteiger partial charge is 0.439 e. The number of anilines is 1. The summed E-state index contributed by atoms with van der Waals surface area (Å²) in [6, 6.07) is 16.6. The molecule has 0 atom stereocenters. The van der Waals surface area contributed by atoms with Gasteiger partial charge in [-0.25, -0.2) is 13.4 Å². The number of aromatic nitrogens is 1. The van der Waals surface area contributed by atoms with E-state index >= 15 is 0 Å². The summed E-state index contributed by atoms with van der Waals surface area (Å²) in [5.41, 5.74) is 1.92. The van der Waals surface area contributed by atoms with Crippen LogP contribution in [-0.2, 0) is 21.2 Å². The van der Waals surface area contributed by atoms with Crippen molar-refractivity contribution in [1.29, 1.82) is 0 Å². The number of carbonyl (C=O) groups is 1. The first-order chi connectivity index (χ1) is 16.3. The number of nitrogens with zero attached hydrogens (tertiary/aromatic N) is 1. The van der Waals surface area contributed by atoms with E-state index in [1.54, 1.807) is 55.6 Å². The van der Waals surface area contributed by atoms with Gasteiger partial charge in [0.2, 0.25) is 5.88 Å². The first-order valence-electron chi connectivity index (χ1n) is 10.9. The molecule has 0 unspecified atom stereocenters. The predicted octanol–water partition coefficient (Wildman–Crippen LogP) is 4.25. The molecule has 0 aliphatic rings. The summed E-state index contributed by atoms with van der Waals surface area (Å²) in [7, 11) is -2.14. The maximum atomic E-state index is 12.7. The smallest absolute Gasteiger partial charge is 0.261 e. The molecule has 0 fully saturated rings. The van der Waals surface area contributed by atoms with Gasteiger partial charge in [0.1, 0.15) is 5.75 Å². The third-order valence-corrected chi connectivity index (χ3v) is 6.19. The molecule has 0 aliphatic carbocycles. The van der Waals surface area contributed by atoms with Crippen LogP contribution in [0.2, 0.25) is 0 Å². The molecular formula is C25H29N3O5S. The van der Waals surface area contributed by atoms with Gasteiger partial charge in [-0.2, -0.15) is 0 Å². The fourth-order valence-electron chi connectivity index (χ4n) is 3.15. The number of ether oxygens (including phenoxy) is 2. The van der Waals surface area contributed by atoms with Crippen molar-refractivity contribution in [2.24, 2.45) is 5.92 Å². The van der Waals surface area contributed by atoms with Crippen LogP contribution in [0.1, 0.15) is 29.8 Å². The van der Waals surface area contributed by atoms with Crippen LogP contribution in [0.25, 0.3) is 0 Å².